The lowest BCUT2D eigenvalue weighted by atomic mass is 9.94. The lowest BCUT2D eigenvalue weighted by molar-refractivity contribution is -0.141. The third-order valence-corrected chi connectivity index (χ3v) is 2.85. The van der Waals surface area contributed by atoms with Gasteiger partial charge in [-0.2, -0.15) is 0 Å². The summed E-state index contributed by atoms with van der Waals surface area (Å²) in [7, 11) is 0. The Hall–Kier alpha value is -2.31. The van der Waals surface area contributed by atoms with Gasteiger partial charge in [0.1, 0.15) is 6.04 Å². The molecule has 1 aromatic carbocycles. The van der Waals surface area contributed by atoms with Crippen molar-refractivity contribution in [1.82, 2.24) is 5.32 Å². The summed E-state index contributed by atoms with van der Waals surface area (Å²) < 4.78 is 25.9. The van der Waals surface area contributed by atoms with Crippen molar-refractivity contribution >= 4 is 17.7 Å². The highest BCUT2D eigenvalue weighted by Crippen LogP contribution is 2.20. The van der Waals surface area contributed by atoms with Crippen LogP contribution in [0.1, 0.15) is 23.7 Å². The number of nitrogens with one attached hydrogen (secondary N) is 1. The topological polar surface area (TPSA) is 83.5 Å². The summed E-state index contributed by atoms with van der Waals surface area (Å²) in [6.07, 6.45) is -3.77. The van der Waals surface area contributed by atoms with Crippen molar-refractivity contribution in [2.45, 2.75) is 25.8 Å². The van der Waals surface area contributed by atoms with Crippen LogP contribution in [0.2, 0.25) is 0 Å². The Kier molecular flexibility index (Phi) is 5.95. The van der Waals surface area contributed by atoms with Gasteiger partial charge >= 0.3 is 5.97 Å². The van der Waals surface area contributed by atoms with Crippen molar-refractivity contribution in [3.8, 4) is 0 Å². The van der Waals surface area contributed by atoms with E-state index in [1.165, 1.54) is 31.2 Å². The number of rotatable bonds is 7. The molecule has 1 unspecified atom stereocenters. The number of benzene rings is 1. The number of Topliss-reactive ketones (excluding diaryl/α,β-unsaturated/α-hetero) is 1. The van der Waals surface area contributed by atoms with Gasteiger partial charge < -0.3 is 10.4 Å². The molecule has 0 heterocycles. The molecular weight excluding hydrogens is 284 g/mol. The minimum Gasteiger partial charge on any atom is -0.480 e. The summed E-state index contributed by atoms with van der Waals surface area (Å²) in [6, 6.07) is 6.26. The van der Waals surface area contributed by atoms with Gasteiger partial charge in [0.15, 0.2) is 5.78 Å². The van der Waals surface area contributed by atoms with Crippen LogP contribution in [0.15, 0.2) is 30.3 Å². The minimum absolute atomic E-state index is 0.0851. The minimum atomic E-state index is -3.01. The predicted octanol–water partition coefficient (Wildman–Crippen LogP) is 1.73. The fraction of sp³-hybridized carbons (Fsp3) is 0.357. The molecule has 7 heteroatoms. The summed E-state index contributed by atoms with van der Waals surface area (Å²) >= 11 is 0. The monoisotopic (exact) mass is 299 g/mol. The molecule has 2 atom stereocenters. The summed E-state index contributed by atoms with van der Waals surface area (Å²) in [6.45, 7) is 1.20. The summed E-state index contributed by atoms with van der Waals surface area (Å²) in [5.74, 6) is -4.83. The van der Waals surface area contributed by atoms with Gasteiger partial charge in [-0.3, -0.25) is 14.4 Å². The smallest absolute Gasteiger partial charge is 0.325 e. The lowest BCUT2D eigenvalue weighted by Crippen LogP contribution is -2.40. The average Bonchev–Trinajstić information content (AvgIpc) is 2.44. The van der Waals surface area contributed by atoms with E-state index in [-0.39, 0.29) is 5.56 Å². The number of carbonyl (C=O) groups excluding carboxylic acids is 2. The molecule has 0 fully saturated rings. The number of carboxylic acids is 1. The normalized spacial score (nSPS) is 13.5. The molecule has 0 saturated heterocycles. The maximum absolute atomic E-state index is 13.0. The maximum atomic E-state index is 13.0. The van der Waals surface area contributed by atoms with Crippen molar-refractivity contribution in [2.24, 2.45) is 5.92 Å². The number of aliphatic carboxylic acids is 1. The van der Waals surface area contributed by atoms with Gasteiger partial charge in [-0.1, -0.05) is 30.3 Å². The Balaban J connectivity index is 2.77. The van der Waals surface area contributed by atoms with E-state index < -0.39 is 42.5 Å². The third-order valence-electron chi connectivity index (χ3n) is 2.85. The van der Waals surface area contributed by atoms with Crippen LogP contribution in [0, 0.1) is 5.92 Å². The Labute approximate surface area is 120 Å². The zero-order valence-electron chi connectivity index (χ0n) is 11.3. The van der Waals surface area contributed by atoms with Gasteiger partial charge in [0.25, 0.3) is 0 Å². The molecule has 2 N–H and O–H groups in total. The Morgan fingerprint density at radius 1 is 1.19 bits per heavy atom. The average molecular weight is 299 g/mol. The van der Waals surface area contributed by atoms with Crippen molar-refractivity contribution in [3.05, 3.63) is 35.9 Å². The quantitative estimate of drug-likeness (QED) is 0.751. The Morgan fingerprint density at radius 2 is 1.76 bits per heavy atom. The van der Waals surface area contributed by atoms with E-state index in [2.05, 4.69) is 0 Å². The van der Waals surface area contributed by atoms with Crippen molar-refractivity contribution in [3.63, 3.8) is 0 Å². The molecule has 1 amide bonds. The largest absolute Gasteiger partial charge is 0.480 e. The molecule has 0 aliphatic heterocycles. The highest BCUT2D eigenvalue weighted by Gasteiger charge is 2.32. The lowest BCUT2D eigenvalue weighted by Gasteiger charge is -2.16. The van der Waals surface area contributed by atoms with Gasteiger partial charge in [0.2, 0.25) is 12.3 Å². The Bertz CT molecular complexity index is 519. The van der Waals surface area contributed by atoms with Crippen LogP contribution in [0.4, 0.5) is 8.78 Å². The van der Waals surface area contributed by atoms with Gasteiger partial charge in [-0.15, -0.1) is 0 Å². The molecule has 0 aliphatic carbocycles. The summed E-state index contributed by atoms with van der Waals surface area (Å²) in [5, 5.41) is 10.7. The predicted molar refractivity (Wildman–Crippen MR) is 70.1 cm³/mol. The first-order valence-electron chi connectivity index (χ1n) is 6.22. The molecule has 0 aliphatic rings. The van der Waals surface area contributed by atoms with Crippen LogP contribution in [0.5, 0.6) is 0 Å². The van der Waals surface area contributed by atoms with Crippen LogP contribution >= 0.6 is 0 Å². The van der Waals surface area contributed by atoms with Gasteiger partial charge in [0.05, 0.1) is 5.92 Å². The zero-order valence-corrected chi connectivity index (χ0v) is 11.3. The molecule has 0 saturated carbocycles. The van der Waals surface area contributed by atoms with Crippen molar-refractivity contribution < 1.29 is 28.3 Å². The van der Waals surface area contributed by atoms with Crippen LogP contribution < -0.4 is 5.32 Å². The molecule has 0 bridgehead atoms. The number of hydrogen-bond acceptors (Lipinski definition) is 3. The summed E-state index contributed by atoms with van der Waals surface area (Å²) in [5.41, 5.74) is 0.0851. The molecule has 1 aromatic rings. The van der Waals surface area contributed by atoms with Crippen LogP contribution in [-0.2, 0) is 9.59 Å². The maximum Gasteiger partial charge on any atom is 0.325 e. The third kappa shape index (κ3) is 4.94. The second kappa shape index (κ2) is 7.47. The van der Waals surface area contributed by atoms with Crippen LogP contribution in [0.3, 0.4) is 0 Å². The second-order valence-electron chi connectivity index (χ2n) is 4.50. The number of carbonyl (C=O) groups is 3. The number of halogens is 2. The summed E-state index contributed by atoms with van der Waals surface area (Å²) in [4.78, 5) is 34.1. The Morgan fingerprint density at radius 3 is 2.24 bits per heavy atom. The van der Waals surface area contributed by atoms with E-state index >= 15 is 0 Å². The number of hydrogen-bond donors (Lipinski definition) is 2. The van der Waals surface area contributed by atoms with Crippen LogP contribution in [-0.4, -0.2) is 35.2 Å². The molecule has 0 radical (unpaired) electrons. The van der Waals surface area contributed by atoms with Crippen molar-refractivity contribution in [2.75, 3.05) is 0 Å². The second-order valence-corrected chi connectivity index (χ2v) is 4.50. The highest BCUT2D eigenvalue weighted by molar-refractivity contribution is 6.00. The van der Waals surface area contributed by atoms with E-state index in [1.807, 2.05) is 5.32 Å². The molecule has 5 nitrogen and oxygen atoms in total. The van der Waals surface area contributed by atoms with Crippen LogP contribution in [0.25, 0.3) is 0 Å². The van der Waals surface area contributed by atoms with E-state index in [1.54, 1.807) is 6.07 Å². The first kappa shape index (κ1) is 16.7. The molecule has 0 aromatic heterocycles. The zero-order chi connectivity index (χ0) is 16.0. The first-order valence-corrected chi connectivity index (χ1v) is 6.22. The van der Waals surface area contributed by atoms with Gasteiger partial charge in [-0.25, -0.2) is 8.78 Å². The van der Waals surface area contributed by atoms with Gasteiger partial charge in [0, 0.05) is 12.0 Å². The van der Waals surface area contributed by atoms with Gasteiger partial charge in [-0.05, 0) is 6.92 Å². The fourth-order valence-corrected chi connectivity index (χ4v) is 1.67. The molecule has 114 valence electrons. The number of amides is 1. The molecule has 21 heavy (non-hydrogen) atoms. The van der Waals surface area contributed by atoms with Crippen molar-refractivity contribution in [1.29, 1.82) is 0 Å². The molecule has 1 rings (SSSR count). The number of carboxylic acid groups (broad SMARTS) is 1. The standard InChI is InChI=1S/C14H15F2NO4/c1-8(14(20)21)17-11(18)7-10(13(15)16)12(19)9-5-3-2-4-6-9/h2-6,8,10,13H,7H2,1H3,(H,17,18)(H,20,21)/t8-,10?/m0/s1. The van der Waals surface area contributed by atoms with E-state index in [4.69, 9.17) is 5.11 Å². The fourth-order valence-electron chi connectivity index (χ4n) is 1.67. The molecular formula is C14H15F2NO4. The number of ketones is 1. The first-order chi connectivity index (χ1) is 9.82. The van der Waals surface area contributed by atoms with E-state index in [0.29, 0.717) is 0 Å². The highest BCUT2D eigenvalue weighted by atomic mass is 19.3. The number of alkyl halides is 2. The van der Waals surface area contributed by atoms with E-state index in [0.717, 1.165) is 0 Å². The van der Waals surface area contributed by atoms with E-state index in [9.17, 15) is 23.2 Å². The SMILES string of the molecule is C[C@H](NC(=O)CC(C(=O)c1ccccc1)C(F)F)C(=O)O. The molecule has 0 spiro atoms.